The number of nitrogens with zero attached hydrogens (tertiary/aromatic N) is 1. The third-order valence-corrected chi connectivity index (χ3v) is 5.17. The fourth-order valence-electron chi connectivity index (χ4n) is 3.96. The number of aryl methyl sites for hydroxylation is 1. The van der Waals surface area contributed by atoms with Crippen LogP contribution in [0.3, 0.4) is 0 Å². The zero-order valence-corrected chi connectivity index (χ0v) is 12.8. The van der Waals surface area contributed by atoms with Crippen LogP contribution in [0.5, 0.6) is 0 Å². The number of anilines is 1. The summed E-state index contributed by atoms with van der Waals surface area (Å²) in [6, 6.07) is 7.47. The summed E-state index contributed by atoms with van der Waals surface area (Å²) in [6.07, 6.45) is 6.35. The fourth-order valence-corrected chi connectivity index (χ4v) is 3.96. The van der Waals surface area contributed by atoms with Crippen molar-refractivity contribution in [3.8, 4) is 0 Å². The van der Waals surface area contributed by atoms with Crippen molar-refractivity contribution in [1.29, 1.82) is 0 Å². The van der Waals surface area contributed by atoms with Crippen molar-refractivity contribution in [1.82, 2.24) is 4.90 Å². The van der Waals surface area contributed by atoms with Crippen molar-refractivity contribution in [3.05, 3.63) is 29.3 Å². The normalized spacial score (nSPS) is 29.1. The topological polar surface area (TPSA) is 52.6 Å². The molecular formula is C17H24N2O2. The summed E-state index contributed by atoms with van der Waals surface area (Å²) in [4.78, 5) is 13.6. The average molecular weight is 288 g/mol. The van der Waals surface area contributed by atoms with Crippen LogP contribution in [0, 0.1) is 6.92 Å². The molecule has 0 saturated carbocycles. The first-order chi connectivity index (χ1) is 10.0. The quantitative estimate of drug-likeness (QED) is 0.897. The molecule has 2 unspecified atom stereocenters. The first-order valence-electron chi connectivity index (χ1n) is 7.87. The second-order valence-electron chi connectivity index (χ2n) is 6.55. The highest BCUT2D eigenvalue weighted by Gasteiger charge is 2.35. The van der Waals surface area contributed by atoms with Crippen LogP contribution in [-0.4, -0.2) is 41.1 Å². The van der Waals surface area contributed by atoms with Crippen LogP contribution in [0.2, 0.25) is 0 Å². The molecule has 0 spiro atoms. The molecule has 2 saturated heterocycles. The first kappa shape index (κ1) is 14.4. The predicted molar refractivity (Wildman–Crippen MR) is 84.0 cm³/mol. The van der Waals surface area contributed by atoms with Crippen LogP contribution in [0.4, 0.5) is 5.69 Å². The van der Waals surface area contributed by atoms with Crippen molar-refractivity contribution >= 4 is 11.7 Å². The van der Waals surface area contributed by atoms with E-state index in [0.717, 1.165) is 11.3 Å². The fraction of sp³-hybridized carbons (Fsp3) is 0.588. The lowest BCUT2D eigenvalue weighted by Gasteiger charge is -2.47. The molecular weight excluding hydrogens is 264 g/mol. The van der Waals surface area contributed by atoms with Gasteiger partial charge in [-0.05, 0) is 63.4 Å². The molecule has 2 bridgehead atoms. The first-order valence-corrected chi connectivity index (χ1v) is 7.87. The summed E-state index contributed by atoms with van der Waals surface area (Å²) in [5.74, 6) is -0.854. The highest BCUT2D eigenvalue weighted by atomic mass is 16.4. The molecule has 2 fully saturated rings. The Morgan fingerprint density at radius 2 is 1.95 bits per heavy atom. The molecule has 0 radical (unpaired) electrons. The Bertz CT molecular complexity index is 530. The van der Waals surface area contributed by atoms with Crippen molar-refractivity contribution in [3.63, 3.8) is 0 Å². The van der Waals surface area contributed by atoms with Gasteiger partial charge in [0.25, 0.3) is 0 Å². The Labute approximate surface area is 126 Å². The standard InChI is InChI=1S/C17H24N2O2/c1-11-8-12(6-7-16(11)17(20)21)18-13-9-14-4-3-5-15(10-13)19(14)2/h6-8,13-15,18H,3-5,9-10H2,1-2H3,(H,20,21). The van der Waals surface area contributed by atoms with E-state index in [2.05, 4.69) is 17.3 Å². The molecule has 1 aromatic carbocycles. The maximum Gasteiger partial charge on any atom is 0.335 e. The highest BCUT2D eigenvalue weighted by Crippen LogP contribution is 2.34. The predicted octanol–water partition coefficient (Wildman–Crippen LogP) is 3.12. The Kier molecular flexibility index (Phi) is 3.89. The van der Waals surface area contributed by atoms with Gasteiger partial charge < -0.3 is 15.3 Å². The van der Waals surface area contributed by atoms with Gasteiger partial charge in [0, 0.05) is 23.8 Å². The minimum atomic E-state index is -0.854. The van der Waals surface area contributed by atoms with E-state index in [1.54, 1.807) is 6.07 Å². The van der Waals surface area contributed by atoms with E-state index in [1.807, 2.05) is 19.1 Å². The van der Waals surface area contributed by atoms with Crippen molar-refractivity contribution in [2.24, 2.45) is 0 Å². The number of hydrogen-bond donors (Lipinski definition) is 2. The van der Waals surface area contributed by atoms with Crippen LogP contribution in [0.1, 0.15) is 48.0 Å². The third kappa shape index (κ3) is 2.91. The minimum absolute atomic E-state index is 0.390. The molecule has 21 heavy (non-hydrogen) atoms. The van der Waals surface area contributed by atoms with E-state index in [-0.39, 0.29) is 0 Å². The highest BCUT2D eigenvalue weighted by molar-refractivity contribution is 5.89. The van der Waals surface area contributed by atoms with E-state index in [1.165, 1.54) is 32.1 Å². The number of hydrogen-bond acceptors (Lipinski definition) is 3. The molecule has 0 amide bonds. The van der Waals surface area contributed by atoms with Crippen molar-refractivity contribution < 1.29 is 9.90 Å². The molecule has 4 heteroatoms. The largest absolute Gasteiger partial charge is 0.478 e. The lowest BCUT2D eigenvalue weighted by Crippen LogP contribution is -2.52. The van der Waals surface area contributed by atoms with Crippen LogP contribution < -0.4 is 5.32 Å². The lowest BCUT2D eigenvalue weighted by molar-refractivity contribution is 0.0608. The van der Waals surface area contributed by atoms with Gasteiger partial charge in [-0.2, -0.15) is 0 Å². The molecule has 4 nitrogen and oxygen atoms in total. The maximum atomic E-state index is 11.1. The number of benzene rings is 1. The monoisotopic (exact) mass is 288 g/mol. The average Bonchev–Trinajstić information content (AvgIpc) is 2.39. The number of carbonyl (C=O) groups is 1. The Morgan fingerprint density at radius 3 is 2.52 bits per heavy atom. The SMILES string of the molecule is Cc1cc(NC2CC3CCCC(C2)N3C)ccc1C(=O)O. The number of piperidine rings is 2. The van der Waals surface area contributed by atoms with E-state index in [4.69, 9.17) is 5.11 Å². The molecule has 1 aromatic rings. The van der Waals surface area contributed by atoms with Crippen molar-refractivity contribution in [2.75, 3.05) is 12.4 Å². The summed E-state index contributed by atoms with van der Waals surface area (Å²) in [6.45, 7) is 1.86. The van der Waals surface area contributed by atoms with Gasteiger partial charge in [0.2, 0.25) is 0 Å². The number of carboxylic acids is 1. The zero-order valence-electron chi connectivity index (χ0n) is 12.8. The molecule has 2 aliphatic rings. The summed E-state index contributed by atoms with van der Waals surface area (Å²) in [5.41, 5.74) is 2.26. The smallest absolute Gasteiger partial charge is 0.335 e. The summed E-state index contributed by atoms with van der Waals surface area (Å²) < 4.78 is 0. The van der Waals surface area contributed by atoms with Crippen LogP contribution in [-0.2, 0) is 0 Å². The van der Waals surface area contributed by atoms with Gasteiger partial charge in [-0.25, -0.2) is 4.79 Å². The minimum Gasteiger partial charge on any atom is -0.478 e. The van der Waals surface area contributed by atoms with Crippen LogP contribution >= 0.6 is 0 Å². The summed E-state index contributed by atoms with van der Waals surface area (Å²) in [5, 5.41) is 12.7. The Hall–Kier alpha value is -1.55. The van der Waals surface area contributed by atoms with Crippen LogP contribution in [0.25, 0.3) is 0 Å². The van der Waals surface area contributed by atoms with E-state index >= 15 is 0 Å². The molecule has 114 valence electrons. The molecule has 2 N–H and O–H groups in total. The number of fused-ring (bicyclic) bond motifs is 2. The number of carboxylic acid groups (broad SMARTS) is 1. The second-order valence-corrected chi connectivity index (χ2v) is 6.55. The third-order valence-electron chi connectivity index (χ3n) is 5.17. The van der Waals surface area contributed by atoms with Crippen molar-refractivity contribution in [2.45, 2.75) is 57.2 Å². The van der Waals surface area contributed by atoms with E-state index in [0.29, 0.717) is 23.7 Å². The van der Waals surface area contributed by atoms with Gasteiger partial charge >= 0.3 is 5.97 Å². The van der Waals surface area contributed by atoms with Gasteiger partial charge in [-0.3, -0.25) is 0 Å². The molecule has 0 aromatic heterocycles. The van der Waals surface area contributed by atoms with Gasteiger partial charge in [0.1, 0.15) is 0 Å². The molecule has 2 atom stereocenters. The Morgan fingerprint density at radius 1 is 1.29 bits per heavy atom. The van der Waals surface area contributed by atoms with Gasteiger partial charge in [-0.15, -0.1) is 0 Å². The second kappa shape index (κ2) is 5.68. The van der Waals surface area contributed by atoms with Crippen LogP contribution in [0.15, 0.2) is 18.2 Å². The maximum absolute atomic E-state index is 11.1. The molecule has 3 rings (SSSR count). The van der Waals surface area contributed by atoms with E-state index < -0.39 is 5.97 Å². The van der Waals surface area contributed by atoms with Gasteiger partial charge in [0.15, 0.2) is 0 Å². The Balaban J connectivity index is 1.70. The zero-order chi connectivity index (χ0) is 15.0. The summed E-state index contributed by atoms with van der Waals surface area (Å²) in [7, 11) is 2.26. The molecule has 2 heterocycles. The summed E-state index contributed by atoms with van der Waals surface area (Å²) >= 11 is 0. The van der Waals surface area contributed by atoms with Gasteiger partial charge in [0.05, 0.1) is 5.56 Å². The number of nitrogens with one attached hydrogen (secondary N) is 1. The number of rotatable bonds is 3. The van der Waals surface area contributed by atoms with Gasteiger partial charge in [-0.1, -0.05) is 6.42 Å². The molecule has 2 aliphatic heterocycles. The number of aromatic carboxylic acids is 1. The lowest BCUT2D eigenvalue weighted by atomic mass is 9.82. The van der Waals surface area contributed by atoms with E-state index in [9.17, 15) is 4.79 Å². The molecule has 0 aliphatic carbocycles.